The summed E-state index contributed by atoms with van der Waals surface area (Å²) in [5.41, 5.74) is -1.06. The van der Waals surface area contributed by atoms with Crippen molar-refractivity contribution in [1.29, 1.82) is 0 Å². The lowest BCUT2D eigenvalue weighted by Gasteiger charge is -2.37. The Kier molecular flexibility index (Phi) is 7.12. The fraction of sp³-hybridized carbons (Fsp3) is 0.500. The van der Waals surface area contributed by atoms with Gasteiger partial charge in [-0.2, -0.15) is 13.2 Å². The van der Waals surface area contributed by atoms with Gasteiger partial charge < -0.3 is 10.6 Å². The van der Waals surface area contributed by atoms with Crippen LogP contribution in [0.2, 0.25) is 0 Å². The smallest absolute Gasteiger partial charge is 0.353 e. The lowest BCUT2D eigenvalue weighted by atomic mass is 10.0. The van der Waals surface area contributed by atoms with Gasteiger partial charge in [-0.25, -0.2) is 13.1 Å². The summed E-state index contributed by atoms with van der Waals surface area (Å²) in [5.74, 6) is 1.83. The number of carbonyl (C=O) groups is 2. The highest BCUT2D eigenvalue weighted by Gasteiger charge is 2.44. The highest BCUT2D eigenvalue weighted by atomic mass is 32.2. The van der Waals surface area contributed by atoms with Gasteiger partial charge in [0.1, 0.15) is 0 Å². The van der Waals surface area contributed by atoms with Crippen LogP contribution in [-0.4, -0.2) is 62.9 Å². The van der Waals surface area contributed by atoms with Crippen LogP contribution in [-0.2, 0) is 25.8 Å². The van der Waals surface area contributed by atoms with Gasteiger partial charge in [-0.1, -0.05) is 12.0 Å². The second kappa shape index (κ2) is 9.48. The van der Waals surface area contributed by atoms with Gasteiger partial charge in [0.25, 0.3) is 0 Å². The first-order valence-electron chi connectivity index (χ1n) is 9.94. The second-order valence-corrected chi connectivity index (χ2v) is 9.42. The average molecular weight is 472 g/mol. The number of piperazine rings is 1. The Hall–Kier alpha value is -2.62. The first-order valence-corrected chi connectivity index (χ1v) is 11.4. The van der Waals surface area contributed by atoms with E-state index in [2.05, 4.69) is 21.3 Å². The molecule has 0 spiro atoms. The number of alkyl halides is 3. The second-order valence-electron chi connectivity index (χ2n) is 7.71. The zero-order valence-corrected chi connectivity index (χ0v) is 17.8. The molecule has 2 saturated heterocycles. The first kappa shape index (κ1) is 24.0. The largest absolute Gasteiger partial charge is 0.416 e. The van der Waals surface area contributed by atoms with E-state index in [-0.39, 0.29) is 43.8 Å². The van der Waals surface area contributed by atoms with Gasteiger partial charge in [-0.15, -0.1) is 6.42 Å². The Balaban J connectivity index is 1.67. The number of hydrogen-bond acceptors (Lipinski definition) is 5. The maximum absolute atomic E-state index is 12.9. The molecule has 3 rings (SSSR count). The zero-order chi connectivity index (χ0) is 23.5. The highest BCUT2D eigenvalue weighted by Crippen LogP contribution is 2.31. The highest BCUT2D eigenvalue weighted by molar-refractivity contribution is 7.89. The molecule has 3 atom stereocenters. The van der Waals surface area contributed by atoms with E-state index in [0.29, 0.717) is 19.0 Å². The average Bonchev–Trinajstić information content (AvgIpc) is 3.15. The molecular weight excluding hydrogens is 449 g/mol. The van der Waals surface area contributed by atoms with Gasteiger partial charge in [0.05, 0.1) is 23.0 Å². The van der Waals surface area contributed by atoms with Crippen molar-refractivity contribution >= 4 is 21.8 Å². The number of benzene rings is 1. The van der Waals surface area contributed by atoms with Crippen molar-refractivity contribution in [2.45, 2.75) is 48.5 Å². The number of nitrogens with zero attached hydrogens (tertiary/aromatic N) is 1. The summed E-state index contributed by atoms with van der Waals surface area (Å²) in [5, 5.41) is 5.32. The monoisotopic (exact) mass is 472 g/mol. The molecule has 8 nitrogen and oxygen atoms in total. The van der Waals surface area contributed by atoms with Crippen LogP contribution in [0.25, 0.3) is 0 Å². The lowest BCUT2D eigenvalue weighted by Crippen LogP contribution is -2.58. The zero-order valence-electron chi connectivity index (χ0n) is 17.0. The first-order chi connectivity index (χ1) is 15.0. The fourth-order valence-electron chi connectivity index (χ4n) is 3.99. The molecule has 0 saturated carbocycles. The van der Waals surface area contributed by atoms with Crippen LogP contribution in [0.3, 0.4) is 0 Å². The molecule has 1 aromatic rings. The third kappa shape index (κ3) is 5.59. The van der Waals surface area contributed by atoms with Crippen molar-refractivity contribution in [3.05, 3.63) is 29.8 Å². The predicted octanol–water partition coefficient (Wildman–Crippen LogP) is 0.455. The molecule has 3 N–H and O–H groups in total. The van der Waals surface area contributed by atoms with Crippen molar-refractivity contribution in [2.24, 2.45) is 0 Å². The molecule has 2 amide bonds. The Bertz CT molecular complexity index is 1020. The quantitative estimate of drug-likeness (QED) is 0.500. The Morgan fingerprint density at radius 3 is 2.78 bits per heavy atom. The van der Waals surface area contributed by atoms with Crippen LogP contribution in [0.5, 0.6) is 0 Å². The number of sulfonamides is 1. The molecule has 1 aromatic carbocycles. The summed E-state index contributed by atoms with van der Waals surface area (Å²) in [6.45, 7) is 0.629. The van der Waals surface area contributed by atoms with E-state index in [1.165, 1.54) is 0 Å². The summed E-state index contributed by atoms with van der Waals surface area (Å²) in [6.07, 6.45) is 1.22. The number of halogens is 3. The van der Waals surface area contributed by atoms with Crippen LogP contribution in [0.4, 0.5) is 13.2 Å². The van der Waals surface area contributed by atoms with Crippen LogP contribution in [0, 0.1) is 12.3 Å². The Morgan fingerprint density at radius 2 is 2.09 bits per heavy atom. The third-order valence-electron chi connectivity index (χ3n) is 5.51. The van der Waals surface area contributed by atoms with E-state index in [1.807, 2.05) is 4.90 Å². The number of carbonyl (C=O) groups excluding carboxylic acids is 2. The molecule has 2 aliphatic heterocycles. The van der Waals surface area contributed by atoms with Crippen LogP contribution < -0.4 is 15.4 Å². The standard InChI is InChI=1S/C20H23F3N4O4S/c1-2-8-24-18(28)7-6-15-11-25-19(29)17-10-14(12-27(15)17)26-32(30,31)16-5-3-4-13(9-16)20(21,22)23/h1,3-5,9,14-15,17,26H,6-8,10-12H2,(H,24,28)(H,25,29). The minimum atomic E-state index is -4.67. The van der Waals surface area contributed by atoms with E-state index in [9.17, 15) is 31.2 Å². The number of rotatable bonds is 7. The Morgan fingerprint density at radius 1 is 1.34 bits per heavy atom. The number of fused-ring (bicyclic) bond motifs is 1. The van der Waals surface area contributed by atoms with Gasteiger partial charge in [0, 0.05) is 31.6 Å². The van der Waals surface area contributed by atoms with E-state index in [1.54, 1.807) is 0 Å². The minimum Gasteiger partial charge on any atom is -0.353 e. The maximum Gasteiger partial charge on any atom is 0.416 e. The van der Waals surface area contributed by atoms with Crippen LogP contribution >= 0.6 is 0 Å². The van der Waals surface area contributed by atoms with E-state index >= 15 is 0 Å². The van der Waals surface area contributed by atoms with Gasteiger partial charge in [0.2, 0.25) is 21.8 Å². The van der Waals surface area contributed by atoms with Gasteiger partial charge in [-0.3, -0.25) is 14.5 Å². The predicted molar refractivity (Wildman–Crippen MR) is 109 cm³/mol. The molecular formula is C20H23F3N4O4S. The third-order valence-corrected chi connectivity index (χ3v) is 7.03. The fourth-order valence-corrected chi connectivity index (χ4v) is 5.28. The summed E-state index contributed by atoms with van der Waals surface area (Å²) in [4.78, 5) is 25.4. The number of terminal acetylenes is 1. The van der Waals surface area contributed by atoms with Crippen molar-refractivity contribution in [3.63, 3.8) is 0 Å². The molecule has 12 heteroatoms. The van der Waals surface area contributed by atoms with E-state index in [0.717, 1.165) is 18.2 Å². The molecule has 0 bridgehead atoms. The Labute approximate surface area is 184 Å². The van der Waals surface area contributed by atoms with Crippen molar-refractivity contribution in [1.82, 2.24) is 20.3 Å². The topological polar surface area (TPSA) is 108 Å². The van der Waals surface area contributed by atoms with Gasteiger partial charge in [0.15, 0.2) is 0 Å². The molecule has 2 heterocycles. The van der Waals surface area contributed by atoms with E-state index < -0.39 is 38.7 Å². The summed E-state index contributed by atoms with van der Waals surface area (Å²) < 4.78 is 66.6. The molecule has 2 fully saturated rings. The molecule has 32 heavy (non-hydrogen) atoms. The molecule has 2 aliphatic rings. The number of nitrogens with one attached hydrogen (secondary N) is 3. The van der Waals surface area contributed by atoms with Gasteiger partial charge >= 0.3 is 6.18 Å². The molecule has 0 aliphatic carbocycles. The minimum absolute atomic E-state index is 0.117. The van der Waals surface area contributed by atoms with Crippen LogP contribution in [0.1, 0.15) is 24.8 Å². The molecule has 0 aromatic heterocycles. The number of hydrogen-bond donors (Lipinski definition) is 3. The van der Waals surface area contributed by atoms with Crippen molar-refractivity contribution in [2.75, 3.05) is 19.6 Å². The summed E-state index contributed by atoms with van der Waals surface area (Å²) in [7, 11) is -4.23. The molecule has 3 unspecified atom stereocenters. The van der Waals surface area contributed by atoms with Crippen molar-refractivity contribution in [3.8, 4) is 12.3 Å². The lowest BCUT2D eigenvalue weighted by molar-refractivity contribution is -0.137. The van der Waals surface area contributed by atoms with E-state index in [4.69, 9.17) is 6.42 Å². The number of amides is 2. The molecule has 0 radical (unpaired) electrons. The van der Waals surface area contributed by atoms with Gasteiger partial charge in [-0.05, 0) is 31.0 Å². The SMILES string of the molecule is C#CCNC(=O)CCC1CNC(=O)C2CC(NS(=O)(=O)c3cccc(C(F)(F)F)c3)CN12. The van der Waals surface area contributed by atoms with Crippen LogP contribution in [0.15, 0.2) is 29.2 Å². The maximum atomic E-state index is 12.9. The van der Waals surface area contributed by atoms with Crippen molar-refractivity contribution < 1.29 is 31.2 Å². The molecule has 174 valence electrons. The summed E-state index contributed by atoms with van der Waals surface area (Å²) in [6, 6.07) is 2.06. The normalized spacial score (nSPS) is 23.8. The summed E-state index contributed by atoms with van der Waals surface area (Å²) >= 11 is 0.